The van der Waals surface area contributed by atoms with E-state index in [1.807, 2.05) is 30.3 Å². The van der Waals surface area contributed by atoms with E-state index >= 15 is 0 Å². The Morgan fingerprint density at radius 3 is 1.62 bits per heavy atom. The van der Waals surface area contributed by atoms with Gasteiger partial charge in [-0.3, -0.25) is 8.80 Å². The van der Waals surface area contributed by atoms with E-state index in [0.29, 0.717) is 11.1 Å². The summed E-state index contributed by atoms with van der Waals surface area (Å²) in [7, 11) is 0. The molecular weight excluding hydrogens is 362 g/mol. The molecule has 4 heterocycles. The number of nitriles is 2. The number of nitrogens with zero attached hydrogens (tertiary/aromatic N) is 7. The summed E-state index contributed by atoms with van der Waals surface area (Å²) in [5.74, 6) is 1.51. The highest BCUT2D eigenvalue weighted by Gasteiger charge is 2.23. The van der Waals surface area contributed by atoms with Gasteiger partial charge >= 0.3 is 0 Å². The summed E-state index contributed by atoms with van der Waals surface area (Å²) in [4.78, 5) is 9.69. The molecule has 0 aliphatic heterocycles. The van der Waals surface area contributed by atoms with Gasteiger partial charge in [0, 0.05) is 0 Å². The van der Waals surface area contributed by atoms with Gasteiger partial charge in [-0.05, 0) is 48.5 Å². The Kier molecular flexibility index (Phi) is 2.30. The minimum Gasteiger partial charge on any atom is -0.276 e. The lowest BCUT2D eigenvalue weighted by Gasteiger charge is -1.97. The highest BCUT2D eigenvalue weighted by atomic mass is 15.3. The van der Waals surface area contributed by atoms with Crippen LogP contribution in [0.5, 0.6) is 0 Å². The molecule has 7 heteroatoms. The average Bonchev–Trinajstić information content (AvgIpc) is 3.46. The van der Waals surface area contributed by atoms with Crippen molar-refractivity contribution >= 4 is 50.2 Å². The second-order valence-electron chi connectivity index (χ2n) is 7.11. The second kappa shape index (κ2) is 4.61. The smallest absolute Gasteiger partial charge is 0.223 e. The first-order chi connectivity index (χ1) is 14.3. The van der Waals surface area contributed by atoms with Crippen LogP contribution in [-0.4, -0.2) is 23.2 Å². The first-order valence-corrected chi connectivity index (χ1v) is 9.07. The predicted molar refractivity (Wildman–Crippen MR) is 108 cm³/mol. The van der Waals surface area contributed by atoms with Crippen LogP contribution in [0.1, 0.15) is 11.1 Å². The SMILES string of the molecule is N#Cc1ccc2nc3n(c2c1)c1cccc2c1n3c1nc3ccc(C#N)cc3n21. The van der Waals surface area contributed by atoms with Gasteiger partial charge in [0.1, 0.15) is 5.52 Å². The molecule has 4 aromatic heterocycles. The summed E-state index contributed by atoms with van der Waals surface area (Å²) in [6.45, 7) is 0. The number of aromatic nitrogens is 5. The van der Waals surface area contributed by atoms with Crippen LogP contribution < -0.4 is 0 Å². The molecule has 7 rings (SSSR count). The lowest BCUT2D eigenvalue weighted by molar-refractivity contribution is 1.15. The summed E-state index contributed by atoms with van der Waals surface area (Å²) < 4.78 is 6.22. The van der Waals surface area contributed by atoms with Gasteiger partial charge in [0.05, 0.1) is 56.4 Å². The third-order valence-corrected chi connectivity index (χ3v) is 5.63. The van der Waals surface area contributed by atoms with Crippen molar-refractivity contribution in [3.63, 3.8) is 0 Å². The van der Waals surface area contributed by atoms with Gasteiger partial charge in [-0.1, -0.05) is 6.07 Å². The summed E-state index contributed by atoms with van der Waals surface area (Å²) in [6.07, 6.45) is 0. The number of para-hydroxylation sites is 1. The Balaban J connectivity index is 1.80. The van der Waals surface area contributed by atoms with Crippen LogP contribution in [0.4, 0.5) is 0 Å². The van der Waals surface area contributed by atoms with E-state index in [0.717, 1.165) is 50.2 Å². The third-order valence-electron chi connectivity index (χ3n) is 5.63. The lowest BCUT2D eigenvalue weighted by atomic mass is 10.2. The zero-order chi connectivity index (χ0) is 19.3. The van der Waals surface area contributed by atoms with Gasteiger partial charge in [0.2, 0.25) is 11.6 Å². The van der Waals surface area contributed by atoms with Gasteiger partial charge in [-0.15, -0.1) is 0 Å². The molecule has 0 unspecified atom stereocenters. The standard InChI is InChI=1S/C22H9N7/c23-10-12-4-6-14-18(8-12)27-16-2-1-3-17-20(16)29(21(27)25-14)22-26-15-7-5-13(11-24)9-19(15)28(17)22/h1-9H. The fourth-order valence-electron chi connectivity index (χ4n) is 4.44. The van der Waals surface area contributed by atoms with Crippen molar-refractivity contribution < 1.29 is 0 Å². The van der Waals surface area contributed by atoms with Crippen LogP contribution in [0.15, 0.2) is 54.6 Å². The molecule has 132 valence electrons. The number of hydrogen-bond acceptors (Lipinski definition) is 4. The van der Waals surface area contributed by atoms with Crippen molar-refractivity contribution in [3.8, 4) is 12.1 Å². The highest BCUT2D eigenvalue weighted by molar-refractivity contribution is 6.03. The molecule has 29 heavy (non-hydrogen) atoms. The zero-order valence-corrected chi connectivity index (χ0v) is 14.8. The Morgan fingerprint density at radius 1 is 0.621 bits per heavy atom. The van der Waals surface area contributed by atoms with Gasteiger partial charge in [-0.25, -0.2) is 14.4 Å². The van der Waals surface area contributed by atoms with Crippen LogP contribution in [0.2, 0.25) is 0 Å². The van der Waals surface area contributed by atoms with Gasteiger partial charge < -0.3 is 0 Å². The molecule has 7 aromatic rings. The van der Waals surface area contributed by atoms with Gasteiger partial charge in [0.25, 0.3) is 0 Å². The minimum absolute atomic E-state index is 0.602. The maximum absolute atomic E-state index is 9.31. The Bertz CT molecular complexity index is 1750. The topological polar surface area (TPSA) is 86.6 Å². The Morgan fingerprint density at radius 2 is 1.14 bits per heavy atom. The summed E-state index contributed by atoms with van der Waals surface area (Å²) >= 11 is 0. The number of fused-ring (bicyclic) bond motifs is 10. The van der Waals surface area contributed by atoms with Gasteiger partial charge in [-0.2, -0.15) is 10.5 Å². The minimum atomic E-state index is 0.602. The van der Waals surface area contributed by atoms with E-state index in [2.05, 4.69) is 37.5 Å². The van der Waals surface area contributed by atoms with Gasteiger partial charge in [0.15, 0.2) is 0 Å². The highest BCUT2D eigenvalue weighted by Crippen LogP contribution is 2.34. The van der Waals surface area contributed by atoms with Crippen LogP contribution in [0.25, 0.3) is 50.2 Å². The molecule has 0 radical (unpaired) electrons. The average molecular weight is 371 g/mol. The largest absolute Gasteiger partial charge is 0.276 e. The van der Waals surface area contributed by atoms with Crippen molar-refractivity contribution in [2.45, 2.75) is 0 Å². The number of rotatable bonds is 0. The first kappa shape index (κ1) is 14.4. The molecule has 0 saturated carbocycles. The van der Waals surface area contributed by atoms with Crippen molar-refractivity contribution in [2.24, 2.45) is 0 Å². The van der Waals surface area contributed by atoms with E-state index in [-0.39, 0.29) is 0 Å². The van der Waals surface area contributed by atoms with Crippen molar-refractivity contribution in [2.75, 3.05) is 0 Å². The van der Waals surface area contributed by atoms with Crippen molar-refractivity contribution in [1.29, 1.82) is 10.5 Å². The molecule has 0 aliphatic carbocycles. The molecule has 0 saturated heterocycles. The normalized spacial score (nSPS) is 12.1. The maximum Gasteiger partial charge on any atom is 0.223 e. The molecule has 0 fully saturated rings. The van der Waals surface area contributed by atoms with E-state index in [9.17, 15) is 10.5 Å². The van der Waals surface area contributed by atoms with E-state index in [1.54, 1.807) is 12.1 Å². The van der Waals surface area contributed by atoms with Crippen LogP contribution in [-0.2, 0) is 0 Å². The summed E-state index contributed by atoms with van der Waals surface area (Å²) in [5, 5.41) is 18.6. The monoisotopic (exact) mass is 371 g/mol. The fraction of sp³-hybridized carbons (Fsp3) is 0. The number of benzene rings is 3. The zero-order valence-electron chi connectivity index (χ0n) is 14.8. The fourth-order valence-corrected chi connectivity index (χ4v) is 4.44. The quantitative estimate of drug-likeness (QED) is 0.405. The van der Waals surface area contributed by atoms with Crippen LogP contribution in [0.3, 0.4) is 0 Å². The Labute approximate surface area is 162 Å². The molecule has 0 atom stereocenters. The Hall–Kier alpha value is -4.62. The van der Waals surface area contributed by atoms with E-state index in [4.69, 9.17) is 9.97 Å². The predicted octanol–water partition coefficient (Wildman–Crippen LogP) is 3.88. The maximum atomic E-state index is 9.31. The van der Waals surface area contributed by atoms with E-state index in [1.165, 1.54) is 0 Å². The molecule has 0 amide bonds. The molecule has 0 aliphatic rings. The second-order valence-corrected chi connectivity index (χ2v) is 7.11. The number of hydrogen-bond donors (Lipinski definition) is 0. The van der Waals surface area contributed by atoms with E-state index < -0.39 is 0 Å². The third kappa shape index (κ3) is 1.54. The van der Waals surface area contributed by atoms with Crippen LogP contribution in [0, 0.1) is 22.7 Å². The molecule has 0 spiro atoms. The van der Waals surface area contributed by atoms with Crippen LogP contribution >= 0.6 is 0 Å². The summed E-state index contributed by atoms with van der Waals surface area (Å²) in [6, 6.07) is 21.6. The van der Waals surface area contributed by atoms with Crippen molar-refractivity contribution in [1.82, 2.24) is 23.2 Å². The molecule has 3 aromatic carbocycles. The molecule has 7 nitrogen and oxygen atoms in total. The number of imidazole rings is 4. The summed E-state index contributed by atoms with van der Waals surface area (Å²) in [5.41, 5.74) is 7.69. The molecular formula is C22H9N7. The molecule has 0 N–H and O–H groups in total. The molecule has 0 bridgehead atoms. The van der Waals surface area contributed by atoms with Crippen molar-refractivity contribution in [3.05, 3.63) is 65.7 Å². The first-order valence-electron chi connectivity index (χ1n) is 9.07. The lowest BCUT2D eigenvalue weighted by Crippen LogP contribution is -1.87.